The van der Waals surface area contributed by atoms with Crippen LogP contribution in [0.5, 0.6) is 17.2 Å². The Morgan fingerprint density at radius 2 is 1.96 bits per heavy atom. The molecule has 0 unspecified atom stereocenters. The van der Waals surface area contributed by atoms with Crippen LogP contribution in [0.2, 0.25) is 0 Å². The quantitative estimate of drug-likeness (QED) is 0.479. The molecular weight excluding hydrogens is 356 g/mol. The van der Waals surface area contributed by atoms with Gasteiger partial charge in [-0.3, -0.25) is 4.79 Å². The Balaban J connectivity index is 1.90. The van der Waals surface area contributed by atoms with Gasteiger partial charge in [0.1, 0.15) is 28.1 Å². The number of phenols is 2. The van der Waals surface area contributed by atoms with E-state index in [1.165, 1.54) is 17.7 Å². The van der Waals surface area contributed by atoms with Crippen molar-refractivity contribution < 1.29 is 19.4 Å². The fourth-order valence-electron chi connectivity index (χ4n) is 3.61. The predicted molar refractivity (Wildman–Crippen MR) is 110 cm³/mol. The molecule has 1 aliphatic rings. The van der Waals surface area contributed by atoms with Crippen molar-refractivity contribution >= 4 is 28.0 Å². The van der Waals surface area contributed by atoms with E-state index < -0.39 is 11.0 Å². The first-order valence-electron chi connectivity index (χ1n) is 9.25. The third-order valence-corrected chi connectivity index (χ3v) is 5.07. The van der Waals surface area contributed by atoms with Crippen LogP contribution in [-0.4, -0.2) is 15.8 Å². The van der Waals surface area contributed by atoms with Crippen LogP contribution >= 0.6 is 0 Å². The molecule has 5 nitrogen and oxygen atoms in total. The Kier molecular flexibility index (Phi) is 4.18. The SMILES string of the molecule is CC(C)=CCC[C@]1(C)C=Cc2c(cc(O)c3oc4cccc(O)c4c(=O)c23)O1. The van der Waals surface area contributed by atoms with Crippen LogP contribution in [0.15, 0.2) is 51.2 Å². The van der Waals surface area contributed by atoms with Crippen molar-refractivity contribution in [3.63, 3.8) is 0 Å². The lowest BCUT2D eigenvalue weighted by molar-refractivity contribution is 0.128. The predicted octanol–water partition coefficient (Wildman–Crippen LogP) is 5.27. The average Bonchev–Trinajstić information content (AvgIpc) is 2.61. The lowest BCUT2D eigenvalue weighted by Gasteiger charge is -2.32. The Morgan fingerprint density at radius 1 is 1.18 bits per heavy atom. The Morgan fingerprint density at radius 3 is 2.71 bits per heavy atom. The Labute approximate surface area is 162 Å². The largest absolute Gasteiger partial charge is 0.507 e. The molecule has 0 amide bonds. The molecule has 0 bridgehead atoms. The highest BCUT2D eigenvalue weighted by Crippen LogP contribution is 2.42. The molecule has 0 saturated carbocycles. The second kappa shape index (κ2) is 6.44. The summed E-state index contributed by atoms with van der Waals surface area (Å²) in [6, 6.07) is 6.09. The van der Waals surface area contributed by atoms with Crippen molar-refractivity contribution in [2.45, 2.75) is 39.2 Å². The number of hydrogen-bond acceptors (Lipinski definition) is 5. The number of ether oxygens (including phenoxy) is 1. The third kappa shape index (κ3) is 2.93. The van der Waals surface area contributed by atoms with Crippen LogP contribution in [0.25, 0.3) is 28.0 Å². The molecule has 2 heterocycles. The molecular formula is C23H22O5. The summed E-state index contributed by atoms with van der Waals surface area (Å²) in [7, 11) is 0. The Bertz CT molecular complexity index is 1210. The normalized spacial score (nSPS) is 18.1. The monoisotopic (exact) mass is 378 g/mol. The van der Waals surface area contributed by atoms with E-state index in [4.69, 9.17) is 9.15 Å². The van der Waals surface area contributed by atoms with Gasteiger partial charge in [-0.05, 0) is 51.8 Å². The van der Waals surface area contributed by atoms with Gasteiger partial charge in [0.25, 0.3) is 0 Å². The van der Waals surface area contributed by atoms with Gasteiger partial charge in [0, 0.05) is 11.6 Å². The molecule has 0 saturated heterocycles. The topological polar surface area (TPSA) is 79.9 Å². The average molecular weight is 378 g/mol. The molecule has 28 heavy (non-hydrogen) atoms. The standard InChI is InChI=1S/C23H22O5/c1-13(2)6-5-10-23(3)11-9-14-18(28-23)12-16(25)22-19(14)21(26)20-15(24)7-4-8-17(20)27-22/h4,6-9,11-12,24-25H,5,10H2,1-3H3/t23-/m1/s1. The number of allylic oxidation sites excluding steroid dienone is 2. The van der Waals surface area contributed by atoms with E-state index in [1.54, 1.807) is 12.1 Å². The lowest BCUT2D eigenvalue weighted by Crippen LogP contribution is -2.32. The first-order chi connectivity index (χ1) is 13.3. The maximum absolute atomic E-state index is 13.1. The van der Waals surface area contributed by atoms with Gasteiger partial charge in [0.2, 0.25) is 5.43 Å². The summed E-state index contributed by atoms with van der Waals surface area (Å²) >= 11 is 0. The van der Waals surface area contributed by atoms with E-state index in [1.807, 2.05) is 19.1 Å². The maximum atomic E-state index is 13.1. The van der Waals surface area contributed by atoms with Crippen molar-refractivity contribution in [1.29, 1.82) is 0 Å². The zero-order valence-electron chi connectivity index (χ0n) is 16.1. The molecule has 3 aromatic rings. The van der Waals surface area contributed by atoms with Crippen LogP contribution < -0.4 is 10.2 Å². The van der Waals surface area contributed by atoms with Gasteiger partial charge in [-0.15, -0.1) is 0 Å². The van der Waals surface area contributed by atoms with Crippen molar-refractivity contribution in [1.82, 2.24) is 0 Å². The summed E-state index contributed by atoms with van der Waals surface area (Å²) < 4.78 is 11.9. The molecule has 144 valence electrons. The first kappa shape index (κ1) is 18.2. The van der Waals surface area contributed by atoms with Gasteiger partial charge < -0.3 is 19.4 Å². The van der Waals surface area contributed by atoms with Crippen molar-refractivity contribution in [3.8, 4) is 17.2 Å². The summed E-state index contributed by atoms with van der Waals surface area (Å²) in [6.07, 6.45) is 7.54. The molecule has 5 heteroatoms. The minimum Gasteiger partial charge on any atom is -0.507 e. The molecule has 1 aliphatic heterocycles. The second-order valence-electron chi connectivity index (χ2n) is 7.66. The van der Waals surface area contributed by atoms with Crippen LogP contribution in [0.4, 0.5) is 0 Å². The number of rotatable bonds is 3. The van der Waals surface area contributed by atoms with Crippen LogP contribution in [0, 0.1) is 0 Å². The van der Waals surface area contributed by atoms with Crippen LogP contribution in [0.1, 0.15) is 39.2 Å². The van der Waals surface area contributed by atoms with Gasteiger partial charge in [0.15, 0.2) is 11.3 Å². The first-order valence-corrected chi connectivity index (χ1v) is 9.25. The third-order valence-electron chi connectivity index (χ3n) is 5.07. The summed E-state index contributed by atoms with van der Waals surface area (Å²) in [5.74, 6) is 0.102. The van der Waals surface area contributed by atoms with E-state index >= 15 is 0 Å². The lowest BCUT2D eigenvalue weighted by atomic mass is 9.93. The molecule has 1 atom stereocenters. The molecule has 1 aromatic heterocycles. The van der Waals surface area contributed by atoms with Crippen LogP contribution in [0.3, 0.4) is 0 Å². The minimum atomic E-state index is -0.543. The molecule has 2 aromatic carbocycles. The molecule has 2 N–H and O–H groups in total. The van der Waals surface area contributed by atoms with Gasteiger partial charge in [-0.1, -0.05) is 23.8 Å². The highest BCUT2D eigenvalue weighted by Gasteiger charge is 2.30. The van der Waals surface area contributed by atoms with E-state index in [-0.39, 0.29) is 33.4 Å². The van der Waals surface area contributed by atoms with E-state index in [2.05, 4.69) is 19.9 Å². The maximum Gasteiger partial charge on any atom is 0.205 e. The fourth-order valence-corrected chi connectivity index (χ4v) is 3.61. The number of benzene rings is 2. The zero-order chi connectivity index (χ0) is 20.1. The molecule has 0 fully saturated rings. The van der Waals surface area contributed by atoms with Crippen LogP contribution in [-0.2, 0) is 0 Å². The second-order valence-corrected chi connectivity index (χ2v) is 7.66. The molecule has 0 spiro atoms. The molecule has 0 radical (unpaired) electrons. The van der Waals surface area contributed by atoms with Crippen molar-refractivity contribution in [2.24, 2.45) is 0 Å². The van der Waals surface area contributed by atoms with Gasteiger partial charge >= 0.3 is 0 Å². The number of aromatic hydroxyl groups is 2. The molecule has 0 aliphatic carbocycles. The fraction of sp³-hybridized carbons (Fsp3) is 0.261. The van der Waals surface area contributed by atoms with Gasteiger partial charge in [-0.2, -0.15) is 0 Å². The summed E-state index contributed by atoms with van der Waals surface area (Å²) in [5, 5.41) is 20.9. The number of phenolic OH excluding ortho intramolecular Hbond substituents is 2. The number of hydrogen-bond donors (Lipinski definition) is 2. The smallest absolute Gasteiger partial charge is 0.205 e. The Hall–Kier alpha value is -3.21. The van der Waals surface area contributed by atoms with E-state index in [9.17, 15) is 15.0 Å². The van der Waals surface area contributed by atoms with Gasteiger partial charge in [-0.25, -0.2) is 0 Å². The summed E-state index contributed by atoms with van der Waals surface area (Å²) in [4.78, 5) is 13.1. The zero-order valence-corrected chi connectivity index (χ0v) is 16.1. The van der Waals surface area contributed by atoms with E-state index in [0.717, 1.165) is 12.8 Å². The van der Waals surface area contributed by atoms with Crippen molar-refractivity contribution in [3.05, 3.63) is 57.8 Å². The molecule has 4 rings (SSSR count). The number of fused-ring (bicyclic) bond motifs is 4. The minimum absolute atomic E-state index is 0.0863. The van der Waals surface area contributed by atoms with Crippen molar-refractivity contribution in [2.75, 3.05) is 0 Å². The summed E-state index contributed by atoms with van der Waals surface area (Å²) in [6.45, 7) is 6.08. The van der Waals surface area contributed by atoms with E-state index in [0.29, 0.717) is 11.3 Å². The highest BCUT2D eigenvalue weighted by atomic mass is 16.5. The summed E-state index contributed by atoms with van der Waals surface area (Å²) in [5.41, 5.74) is 1.16. The van der Waals surface area contributed by atoms with Gasteiger partial charge in [0.05, 0.1) is 5.39 Å². The highest BCUT2D eigenvalue weighted by molar-refractivity contribution is 6.00.